The van der Waals surface area contributed by atoms with Gasteiger partial charge < -0.3 is 20.4 Å². The molecule has 2 aromatic carbocycles. The molecule has 0 aliphatic carbocycles. The Bertz CT molecular complexity index is 1410. The zero-order chi connectivity index (χ0) is 27.2. The van der Waals surface area contributed by atoms with Gasteiger partial charge in [-0.05, 0) is 43.2 Å². The molecule has 10 nitrogen and oxygen atoms in total. The van der Waals surface area contributed by atoms with Crippen molar-refractivity contribution in [3.05, 3.63) is 95.7 Å². The molecule has 0 saturated carbocycles. The lowest BCUT2D eigenvalue weighted by Gasteiger charge is -2.41. The summed E-state index contributed by atoms with van der Waals surface area (Å²) in [6, 6.07) is 17.8. The fourth-order valence-corrected chi connectivity index (χ4v) is 4.59. The van der Waals surface area contributed by atoms with Crippen molar-refractivity contribution in [2.45, 2.75) is 19.4 Å². The number of piperazine rings is 1. The number of anilines is 2. The maximum absolute atomic E-state index is 13.6. The van der Waals surface area contributed by atoms with Crippen LogP contribution in [0.25, 0.3) is 5.95 Å². The summed E-state index contributed by atoms with van der Waals surface area (Å²) in [6.45, 7) is 3.39. The summed E-state index contributed by atoms with van der Waals surface area (Å²) in [5, 5.41) is 6.64. The topological polar surface area (TPSA) is 108 Å². The molecule has 1 atom stereocenters. The second-order valence-electron chi connectivity index (χ2n) is 9.26. The SMILES string of the molecule is Cc1cc(N2CCN(C(=O)Nc3ccccc3)CC2C(=O)NCCc2ccc(Cl)cc2)nc(-n2ccnc2)n1. The van der Waals surface area contributed by atoms with Gasteiger partial charge in [0.1, 0.15) is 18.2 Å². The second kappa shape index (κ2) is 12.0. The van der Waals surface area contributed by atoms with Crippen molar-refractivity contribution in [1.29, 1.82) is 0 Å². The number of aromatic nitrogens is 4. The van der Waals surface area contributed by atoms with Crippen LogP contribution in [0.4, 0.5) is 16.3 Å². The Kier molecular flexibility index (Phi) is 8.02. The van der Waals surface area contributed by atoms with Crippen LogP contribution < -0.4 is 15.5 Å². The van der Waals surface area contributed by atoms with E-state index in [4.69, 9.17) is 16.6 Å². The van der Waals surface area contributed by atoms with Crippen LogP contribution in [0.2, 0.25) is 5.02 Å². The van der Waals surface area contributed by atoms with Crippen molar-refractivity contribution in [2.24, 2.45) is 0 Å². The van der Waals surface area contributed by atoms with Crippen molar-refractivity contribution < 1.29 is 9.59 Å². The Morgan fingerprint density at radius 2 is 1.85 bits per heavy atom. The first kappa shape index (κ1) is 26.2. The molecule has 4 aromatic rings. The molecule has 2 N–H and O–H groups in total. The Morgan fingerprint density at radius 3 is 2.59 bits per heavy atom. The third-order valence-electron chi connectivity index (χ3n) is 6.48. The third kappa shape index (κ3) is 6.53. The number of hydrogen-bond donors (Lipinski definition) is 2. The minimum Gasteiger partial charge on any atom is -0.354 e. The van der Waals surface area contributed by atoms with E-state index in [2.05, 4.69) is 20.6 Å². The quantitative estimate of drug-likeness (QED) is 0.367. The van der Waals surface area contributed by atoms with Crippen LogP contribution in [-0.2, 0) is 11.2 Å². The highest BCUT2D eigenvalue weighted by molar-refractivity contribution is 6.30. The van der Waals surface area contributed by atoms with Crippen molar-refractivity contribution in [3.8, 4) is 5.95 Å². The first-order chi connectivity index (χ1) is 19.0. The fourth-order valence-electron chi connectivity index (χ4n) is 4.47. The average molecular weight is 545 g/mol. The average Bonchev–Trinajstić information content (AvgIpc) is 3.49. The largest absolute Gasteiger partial charge is 0.354 e. The number of nitrogens with one attached hydrogen (secondary N) is 2. The highest BCUT2D eigenvalue weighted by atomic mass is 35.5. The van der Waals surface area contributed by atoms with Gasteiger partial charge in [0.2, 0.25) is 11.9 Å². The number of imidazole rings is 1. The van der Waals surface area contributed by atoms with E-state index < -0.39 is 6.04 Å². The van der Waals surface area contributed by atoms with Crippen LogP contribution >= 0.6 is 11.6 Å². The van der Waals surface area contributed by atoms with Crippen LogP contribution in [0.1, 0.15) is 11.3 Å². The molecule has 1 aliphatic rings. The van der Waals surface area contributed by atoms with Gasteiger partial charge in [0.15, 0.2) is 0 Å². The van der Waals surface area contributed by atoms with Gasteiger partial charge in [-0.25, -0.2) is 14.8 Å². The summed E-state index contributed by atoms with van der Waals surface area (Å²) in [4.78, 5) is 43.6. The van der Waals surface area contributed by atoms with Gasteiger partial charge in [-0.3, -0.25) is 9.36 Å². The molecule has 11 heteroatoms. The Hall–Kier alpha value is -4.44. The fraction of sp³-hybridized carbons (Fsp3) is 0.250. The predicted molar refractivity (Wildman–Crippen MR) is 150 cm³/mol. The summed E-state index contributed by atoms with van der Waals surface area (Å²) in [5.41, 5.74) is 2.53. The number of urea groups is 1. The van der Waals surface area contributed by atoms with E-state index in [0.29, 0.717) is 48.5 Å². The lowest BCUT2D eigenvalue weighted by atomic mass is 10.1. The van der Waals surface area contributed by atoms with E-state index in [1.807, 2.05) is 72.5 Å². The molecule has 1 unspecified atom stereocenters. The number of nitrogens with zero attached hydrogens (tertiary/aromatic N) is 6. The molecule has 0 radical (unpaired) electrons. The van der Waals surface area contributed by atoms with E-state index in [1.165, 1.54) is 0 Å². The van der Waals surface area contributed by atoms with Crippen LogP contribution in [0, 0.1) is 6.92 Å². The van der Waals surface area contributed by atoms with Gasteiger partial charge in [-0.2, -0.15) is 4.98 Å². The molecule has 200 valence electrons. The predicted octanol–water partition coefficient (Wildman–Crippen LogP) is 3.71. The highest BCUT2D eigenvalue weighted by Crippen LogP contribution is 2.22. The minimum atomic E-state index is -0.643. The van der Waals surface area contributed by atoms with Crippen molar-refractivity contribution in [1.82, 2.24) is 29.7 Å². The lowest BCUT2D eigenvalue weighted by Crippen LogP contribution is -2.61. The summed E-state index contributed by atoms with van der Waals surface area (Å²) >= 11 is 5.99. The van der Waals surface area contributed by atoms with Crippen LogP contribution in [-0.4, -0.2) is 68.6 Å². The second-order valence-corrected chi connectivity index (χ2v) is 9.69. The third-order valence-corrected chi connectivity index (χ3v) is 6.73. The molecule has 3 heterocycles. The molecule has 0 bridgehead atoms. The molecule has 39 heavy (non-hydrogen) atoms. The van der Waals surface area contributed by atoms with Crippen molar-refractivity contribution in [2.75, 3.05) is 36.4 Å². The van der Waals surface area contributed by atoms with Gasteiger partial charge in [0.05, 0.1) is 6.54 Å². The molecule has 2 aromatic heterocycles. The maximum atomic E-state index is 13.6. The summed E-state index contributed by atoms with van der Waals surface area (Å²) < 4.78 is 1.72. The smallest absolute Gasteiger partial charge is 0.321 e. The summed E-state index contributed by atoms with van der Waals surface area (Å²) in [7, 11) is 0. The van der Waals surface area contributed by atoms with Gasteiger partial charge in [-0.15, -0.1) is 0 Å². The first-order valence-electron chi connectivity index (χ1n) is 12.7. The highest BCUT2D eigenvalue weighted by Gasteiger charge is 2.35. The Balaban J connectivity index is 1.35. The first-order valence-corrected chi connectivity index (χ1v) is 13.1. The number of amides is 3. The molecule has 0 spiro atoms. The number of halogens is 1. The number of carbonyl (C=O) groups is 2. The molecule has 1 saturated heterocycles. The number of para-hydroxylation sites is 1. The van der Waals surface area contributed by atoms with Crippen LogP contribution in [0.15, 0.2) is 79.4 Å². The van der Waals surface area contributed by atoms with Gasteiger partial charge in [-0.1, -0.05) is 41.9 Å². The zero-order valence-electron chi connectivity index (χ0n) is 21.5. The van der Waals surface area contributed by atoms with E-state index in [0.717, 1.165) is 11.3 Å². The molecular formula is C28H29ClN8O2. The number of carbonyl (C=O) groups excluding carboxylic acids is 2. The summed E-state index contributed by atoms with van der Waals surface area (Å²) in [5.74, 6) is 0.905. The number of rotatable bonds is 7. The minimum absolute atomic E-state index is 0.179. The van der Waals surface area contributed by atoms with Crippen LogP contribution in [0.3, 0.4) is 0 Å². The zero-order valence-corrected chi connectivity index (χ0v) is 22.3. The summed E-state index contributed by atoms with van der Waals surface area (Å²) in [6.07, 6.45) is 5.72. The van der Waals surface area contributed by atoms with E-state index in [1.54, 1.807) is 28.2 Å². The normalized spacial score (nSPS) is 15.2. The van der Waals surface area contributed by atoms with Crippen molar-refractivity contribution in [3.63, 3.8) is 0 Å². The molecule has 5 rings (SSSR count). The van der Waals surface area contributed by atoms with Gasteiger partial charge in [0.25, 0.3) is 0 Å². The van der Waals surface area contributed by atoms with E-state index >= 15 is 0 Å². The van der Waals surface area contributed by atoms with Gasteiger partial charge >= 0.3 is 6.03 Å². The monoisotopic (exact) mass is 544 g/mol. The maximum Gasteiger partial charge on any atom is 0.321 e. The van der Waals surface area contributed by atoms with E-state index in [-0.39, 0.29) is 18.5 Å². The Morgan fingerprint density at radius 1 is 1.05 bits per heavy atom. The standard InChI is InChI=1S/C28H29ClN8O2/c1-20-17-25(34-27(32-20)36-14-13-30-19-36)37-16-15-35(28(39)33-23-5-3-2-4-6-23)18-24(37)26(38)31-12-11-21-7-9-22(29)10-8-21/h2-10,13-14,17,19,24H,11-12,15-16,18H2,1H3,(H,31,38)(H,33,39). The molecular weight excluding hydrogens is 516 g/mol. The number of hydrogen-bond acceptors (Lipinski definition) is 6. The van der Waals surface area contributed by atoms with Crippen molar-refractivity contribution >= 4 is 35.0 Å². The molecule has 1 fully saturated rings. The van der Waals surface area contributed by atoms with Crippen LogP contribution in [0.5, 0.6) is 0 Å². The lowest BCUT2D eigenvalue weighted by molar-refractivity contribution is -0.123. The van der Waals surface area contributed by atoms with Gasteiger partial charge in [0, 0.05) is 54.5 Å². The van der Waals surface area contributed by atoms with E-state index in [9.17, 15) is 9.59 Å². The number of benzene rings is 2. The molecule has 1 aliphatic heterocycles. The molecule has 3 amide bonds. The number of aryl methyl sites for hydroxylation is 1. The Labute approximate surface area is 231 Å².